The maximum atomic E-state index is 13.1. The molecule has 4 aromatic rings. The molecule has 0 unspecified atom stereocenters. The molecule has 0 saturated carbocycles. The van der Waals surface area contributed by atoms with Gasteiger partial charge in [-0.25, -0.2) is 14.2 Å². The van der Waals surface area contributed by atoms with E-state index in [1.165, 1.54) is 24.3 Å². The lowest BCUT2D eigenvalue weighted by Crippen LogP contribution is -2.18. The molecular weight excluding hydrogens is 491 g/mol. The molecular formula is C24H20BrFN4O3. The van der Waals surface area contributed by atoms with E-state index in [4.69, 9.17) is 4.74 Å². The summed E-state index contributed by atoms with van der Waals surface area (Å²) in [6, 6.07) is 16.5. The number of aromatic amines is 1. The molecule has 9 heteroatoms. The quantitative estimate of drug-likeness (QED) is 0.265. The molecule has 1 heterocycles. The summed E-state index contributed by atoms with van der Waals surface area (Å²) in [5, 5.41) is 5.74. The van der Waals surface area contributed by atoms with Crippen molar-refractivity contribution < 1.29 is 18.7 Å². The number of carbonyl (C=O) groups is 2. The Morgan fingerprint density at radius 2 is 1.79 bits per heavy atom. The smallest absolute Gasteiger partial charge is 0.411 e. The predicted molar refractivity (Wildman–Crippen MR) is 129 cm³/mol. The number of halogens is 2. The fraction of sp³-hybridized carbons (Fsp3) is 0.125. The summed E-state index contributed by atoms with van der Waals surface area (Å²) in [6.07, 6.45) is -0.614. The molecule has 0 saturated heterocycles. The molecule has 0 aliphatic carbocycles. The van der Waals surface area contributed by atoms with Crippen LogP contribution >= 0.6 is 15.9 Å². The number of nitrogens with one attached hydrogen (secondary N) is 3. The van der Waals surface area contributed by atoms with Gasteiger partial charge in [-0.1, -0.05) is 28.1 Å². The number of carbonyl (C=O) groups excluding carboxylic acids is 2. The lowest BCUT2D eigenvalue weighted by Gasteiger charge is -2.13. The third kappa shape index (κ3) is 5.38. The Morgan fingerprint density at radius 3 is 2.48 bits per heavy atom. The van der Waals surface area contributed by atoms with Crippen molar-refractivity contribution in [2.45, 2.75) is 6.92 Å². The van der Waals surface area contributed by atoms with Gasteiger partial charge in [0.15, 0.2) is 5.78 Å². The van der Waals surface area contributed by atoms with Gasteiger partial charge in [-0.15, -0.1) is 0 Å². The van der Waals surface area contributed by atoms with Crippen LogP contribution in [0.15, 0.2) is 65.1 Å². The molecule has 3 aromatic carbocycles. The zero-order chi connectivity index (χ0) is 23.4. The second-order valence-electron chi connectivity index (χ2n) is 7.14. The summed E-state index contributed by atoms with van der Waals surface area (Å²) in [5.41, 5.74) is 3.56. The third-order valence-electron chi connectivity index (χ3n) is 4.86. The van der Waals surface area contributed by atoms with E-state index >= 15 is 0 Å². The van der Waals surface area contributed by atoms with E-state index in [2.05, 4.69) is 36.5 Å². The highest BCUT2D eigenvalue weighted by Crippen LogP contribution is 2.30. The summed E-state index contributed by atoms with van der Waals surface area (Å²) in [5.74, 6) is 0.0277. The van der Waals surface area contributed by atoms with Crippen molar-refractivity contribution in [2.75, 3.05) is 23.8 Å². The molecule has 0 aliphatic heterocycles. The molecule has 0 fully saturated rings. The second-order valence-corrected chi connectivity index (χ2v) is 8.05. The predicted octanol–water partition coefficient (Wildman–Crippen LogP) is 5.99. The van der Waals surface area contributed by atoms with Gasteiger partial charge in [0.05, 0.1) is 35.6 Å². The van der Waals surface area contributed by atoms with Gasteiger partial charge in [0.1, 0.15) is 11.6 Å². The summed E-state index contributed by atoms with van der Waals surface area (Å²) < 4.78 is 19.1. The molecule has 1 aromatic heterocycles. The van der Waals surface area contributed by atoms with E-state index in [-0.39, 0.29) is 18.9 Å². The monoisotopic (exact) mass is 510 g/mol. The first-order chi connectivity index (χ1) is 15.9. The number of hydrogen-bond acceptors (Lipinski definition) is 5. The molecule has 168 valence electrons. The fourth-order valence-corrected chi connectivity index (χ4v) is 3.51. The molecule has 0 atom stereocenters. The maximum Gasteiger partial charge on any atom is 0.411 e. The van der Waals surface area contributed by atoms with Crippen LogP contribution in [0.4, 0.5) is 20.6 Å². The van der Waals surface area contributed by atoms with Crippen LogP contribution in [0.1, 0.15) is 17.3 Å². The minimum absolute atomic E-state index is 0.0569. The molecule has 4 rings (SSSR count). The Labute approximate surface area is 197 Å². The Hall–Kier alpha value is -3.72. The number of rotatable bonds is 7. The SMILES string of the molecule is CCOC(=O)Nc1cc2[nH]c(-c3ccc(Br)cc3)nc2cc1NCC(=O)c1ccc(F)cc1. The summed E-state index contributed by atoms with van der Waals surface area (Å²) >= 11 is 3.42. The average Bonchev–Trinajstić information content (AvgIpc) is 3.21. The minimum Gasteiger partial charge on any atom is -0.450 e. The summed E-state index contributed by atoms with van der Waals surface area (Å²) in [6.45, 7) is 1.87. The number of fused-ring (bicyclic) bond motifs is 1. The van der Waals surface area contributed by atoms with Crippen molar-refractivity contribution in [1.29, 1.82) is 0 Å². The molecule has 3 N–H and O–H groups in total. The van der Waals surface area contributed by atoms with E-state index in [1.807, 2.05) is 24.3 Å². The number of imidazole rings is 1. The van der Waals surface area contributed by atoms with Gasteiger partial charge >= 0.3 is 6.09 Å². The van der Waals surface area contributed by atoms with Crippen LogP contribution in [-0.2, 0) is 4.74 Å². The van der Waals surface area contributed by atoms with Crippen LogP contribution in [-0.4, -0.2) is 35.0 Å². The molecule has 33 heavy (non-hydrogen) atoms. The third-order valence-corrected chi connectivity index (χ3v) is 5.39. The number of Topliss-reactive ketones (excluding diaryl/α,β-unsaturated/α-hetero) is 1. The van der Waals surface area contributed by atoms with Gasteiger partial charge in [0.25, 0.3) is 0 Å². The van der Waals surface area contributed by atoms with Crippen LogP contribution in [0.3, 0.4) is 0 Å². The Kier molecular flexibility index (Phi) is 6.69. The lowest BCUT2D eigenvalue weighted by atomic mass is 10.1. The van der Waals surface area contributed by atoms with E-state index in [1.54, 1.807) is 19.1 Å². The number of benzene rings is 3. The van der Waals surface area contributed by atoms with Crippen LogP contribution in [0.25, 0.3) is 22.4 Å². The van der Waals surface area contributed by atoms with Crippen LogP contribution in [0, 0.1) is 5.82 Å². The van der Waals surface area contributed by atoms with Crippen molar-refractivity contribution in [3.05, 3.63) is 76.5 Å². The number of ether oxygens (including phenoxy) is 1. The number of anilines is 2. The average molecular weight is 511 g/mol. The highest BCUT2D eigenvalue weighted by Gasteiger charge is 2.14. The molecule has 7 nitrogen and oxygen atoms in total. The largest absolute Gasteiger partial charge is 0.450 e. The first-order valence-electron chi connectivity index (χ1n) is 10.2. The normalized spacial score (nSPS) is 10.8. The van der Waals surface area contributed by atoms with E-state index in [9.17, 15) is 14.0 Å². The number of aromatic nitrogens is 2. The number of nitrogens with zero attached hydrogens (tertiary/aromatic N) is 1. The van der Waals surface area contributed by atoms with Gasteiger partial charge in [0.2, 0.25) is 0 Å². The molecule has 0 spiro atoms. The standard InChI is InChI=1S/C24H20BrFN4O3/c1-2-33-24(32)30-19-12-21-20(28-23(29-21)15-3-7-16(25)8-4-15)11-18(19)27-13-22(31)14-5-9-17(26)10-6-14/h3-12,27H,2,13H2,1H3,(H,28,29)(H,30,32). The zero-order valence-corrected chi connectivity index (χ0v) is 19.2. The Balaban J connectivity index is 1.64. The highest BCUT2D eigenvalue weighted by atomic mass is 79.9. The number of H-pyrrole nitrogens is 1. The van der Waals surface area contributed by atoms with Crippen LogP contribution in [0.5, 0.6) is 0 Å². The van der Waals surface area contributed by atoms with E-state index in [0.717, 1.165) is 10.0 Å². The molecule has 1 amide bonds. The van der Waals surface area contributed by atoms with E-state index in [0.29, 0.717) is 33.8 Å². The summed E-state index contributed by atoms with van der Waals surface area (Å²) in [4.78, 5) is 32.5. The molecule has 0 radical (unpaired) electrons. The van der Waals surface area contributed by atoms with Crippen molar-refractivity contribution in [1.82, 2.24) is 9.97 Å². The van der Waals surface area contributed by atoms with Crippen molar-refractivity contribution in [3.8, 4) is 11.4 Å². The molecule has 0 bridgehead atoms. The highest BCUT2D eigenvalue weighted by molar-refractivity contribution is 9.10. The lowest BCUT2D eigenvalue weighted by molar-refractivity contribution is 0.101. The maximum absolute atomic E-state index is 13.1. The molecule has 0 aliphatic rings. The number of amides is 1. The second kappa shape index (κ2) is 9.83. The van der Waals surface area contributed by atoms with Gasteiger partial charge < -0.3 is 15.0 Å². The van der Waals surface area contributed by atoms with E-state index < -0.39 is 11.9 Å². The number of ketones is 1. The summed E-state index contributed by atoms with van der Waals surface area (Å²) in [7, 11) is 0. The van der Waals surface area contributed by atoms with Crippen molar-refractivity contribution in [3.63, 3.8) is 0 Å². The topological polar surface area (TPSA) is 96.1 Å². The fourth-order valence-electron chi connectivity index (χ4n) is 3.24. The van der Waals surface area contributed by atoms with Gasteiger partial charge in [-0.2, -0.15) is 0 Å². The first-order valence-corrected chi connectivity index (χ1v) is 11.0. The zero-order valence-electron chi connectivity index (χ0n) is 17.6. The van der Waals surface area contributed by atoms with Gasteiger partial charge in [-0.05, 0) is 55.5 Å². The van der Waals surface area contributed by atoms with Crippen molar-refractivity contribution in [2.24, 2.45) is 0 Å². The van der Waals surface area contributed by atoms with Crippen LogP contribution < -0.4 is 10.6 Å². The Morgan fingerprint density at radius 1 is 1.06 bits per heavy atom. The van der Waals surface area contributed by atoms with Gasteiger partial charge in [-0.3, -0.25) is 10.1 Å². The number of hydrogen-bond donors (Lipinski definition) is 3. The van der Waals surface area contributed by atoms with Crippen molar-refractivity contribution >= 4 is 50.2 Å². The Bertz CT molecular complexity index is 1300. The first kappa shape index (κ1) is 22.5. The van der Waals surface area contributed by atoms with Crippen LogP contribution in [0.2, 0.25) is 0 Å². The minimum atomic E-state index is -0.614. The van der Waals surface area contributed by atoms with Gasteiger partial charge in [0, 0.05) is 15.6 Å².